The fourth-order valence-corrected chi connectivity index (χ4v) is 2.65. The molecule has 2 N–H and O–H groups in total. The maximum absolute atomic E-state index is 12.4. The number of hydrogen-bond donors (Lipinski definition) is 2. The fraction of sp³-hybridized carbons (Fsp3) is 0.600. The number of carbonyl (C=O) groups is 2. The Morgan fingerprint density at radius 2 is 2.00 bits per heavy atom. The predicted molar refractivity (Wildman–Crippen MR) is 64.8 cm³/mol. The van der Waals surface area contributed by atoms with Gasteiger partial charge in [-0.25, -0.2) is 4.79 Å². The minimum Gasteiger partial charge on any atom is -0.481 e. The number of halogens is 3. The van der Waals surface area contributed by atoms with E-state index in [2.05, 4.69) is 4.74 Å². The van der Waals surface area contributed by atoms with Crippen LogP contribution in [0.3, 0.4) is 0 Å². The summed E-state index contributed by atoms with van der Waals surface area (Å²) in [6.07, 6.45) is 2.02. The van der Waals surface area contributed by atoms with Gasteiger partial charge in [0.05, 0.1) is 9.34 Å². The second kappa shape index (κ2) is 5.08. The number of hydrogen-bond acceptors (Lipinski definition) is 3. The highest BCUT2D eigenvalue weighted by Gasteiger charge is 2.55. The van der Waals surface area contributed by atoms with Crippen molar-refractivity contribution in [2.24, 2.45) is 5.41 Å². The normalized spacial score (nSPS) is 35.7. The third-order valence-corrected chi connectivity index (χ3v) is 4.28. The average Bonchev–Trinajstić information content (AvgIpc) is 2.22. The second-order valence-corrected chi connectivity index (χ2v) is 5.58. The number of aliphatic carboxylic acids is 2. The van der Waals surface area contributed by atoms with Gasteiger partial charge in [-0.2, -0.15) is 8.78 Å². The van der Waals surface area contributed by atoms with E-state index < -0.39 is 39.9 Å². The molecular weight excluding hydrogens is 365 g/mol. The molecule has 0 aromatic heterocycles. The van der Waals surface area contributed by atoms with E-state index in [9.17, 15) is 18.4 Å². The van der Waals surface area contributed by atoms with Gasteiger partial charge in [0.25, 0.3) is 0 Å². The van der Waals surface area contributed by atoms with Gasteiger partial charge in [-0.05, 0) is 6.92 Å². The van der Waals surface area contributed by atoms with E-state index >= 15 is 0 Å². The van der Waals surface area contributed by atoms with Gasteiger partial charge in [0.15, 0.2) is 5.60 Å². The molecular formula is C10H11F2IO5. The zero-order valence-electron chi connectivity index (χ0n) is 9.27. The Morgan fingerprint density at radius 1 is 1.44 bits per heavy atom. The number of carboxylic acid groups (broad SMARTS) is 2. The quantitative estimate of drug-likeness (QED) is 0.445. The molecule has 0 saturated carbocycles. The third-order valence-electron chi connectivity index (χ3n) is 2.86. The first-order valence-corrected chi connectivity index (χ1v) is 6.15. The molecule has 0 aromatic rings. The molecule has 1 aliphatic rings. The summed E-state index contributed by atoms with van der Waals surface area (Å²) in [7, 11) is 0. The molecule has 0 heterocycles. The van der Waals surface area contributed by atoms with Gasteiger partial charge in [-0.15, -0.1) is 0 Å². The summed E-state index contributed by atoms with van der Waals surface area (Å²) in [5.74, 6) is -2.88. The number of alkyl halides is 3. The molecule has 1 aliphatic carbocycles. The summed E-state index contributed by atoms with van der Waals surface area (Å²) in [5.41, 5.74) is -3.79. The van der Waals surface area contributed by atoms with E-state index in [4.69, 9.17) is 10.2 Å². The second-order valence-electron chi connectivity index (χ2n) is 4.23. The molecule has 3 atom stereocenters. The summed E-state index contributed by atoms with van der Waals surface area (Å²) < 4.78 is 28.1. The van der Waals surface area contributed by atoms with Crippen LogP contribution in [0.1, 0.15) is 13.3 Å². The Labute approximate surface area is 115 Å². The van der Waals surface area contributed by atoms with Crippen molar-refractivity contribution < 1.29 is 33.3 Å². The predicted octanol–water partition coefficient (Wildman–Crippen LogP) is 1.90. The lowest BCUT2D eigenvalue weighted by Gasteiger charge is -2.40. The minimum absolute atomic E-state index is 0.556. The SMILES string of the molecule is CC1(C(=O)O)C=CC(I)C(OC(F)F)(C(=O)O)C1. The van der Waals surface area contributed by atoms with Crippen LogP contribution in [0.25, 0.3) is 0 Å². The Hall–Kier alpha value is -0.770. The molecule has 0 saturated heterocycles. The van der Waals surface area contributed by atoms with Crippen LogP contribution < -0.4 is 0 Å². The van der Waals surface area contributed by atoms with Crippen LogP contribution in [0.2, 0.25) is 0 Å². The monoisotopic (exact) mass is 376 g/mol. The largest absolute Gasteiger partial charge is 0.481 e. The van der Waals surface area contributed by atoms with Crippen LogP contribution in [0.5, 0.6) is 0 Å². The molecule has 3 unspecified atom stereocenters. The zero-order valence-corrected chi connectivity index (χ0v) is 11.4. The van der Waals surface area contributed by atoms with Gasteiger partial charge in [0, 0.05) is 6.42 Å². The van der Waals surface area contributed by atoms with Crippen LogP contribution >= 0.6 is 22.6 Å². The van der Waals surface area contributed by atoms with Gasteiger partial charge in [0.1, 0.15) is 0 Å². The maximum Gasteiger partial charge on any atom is 0.346 e. The molecule has 0 bridgehead atoms. The van der Waals surface area contributed by atoms with Crippen LogP contribution in [0.4, 0.5) is 8.78 Å². The molecule has 1 rings (SSSR count). The number of rotatable bonds is 4. The number of ether oxygens (including phenoxy) is 1. The first kappa shape index (κ1) is 15.3. The summed E-state index contributed by atoms with van der Waals surface area (Å²) >= 11 is 1.64. The van der Waals surface area contributed by atoms with Crippen LogP contribution in [0, 0.1) is 5.41 Å². The van der Waals surface area contributed by atoms with Crippen molar-refractivity contribution in [3.05, 3.63) is 12.2 Å². The van der Waals surface area contributed by atoms with E-state index in [1.54, 1.807) is 22.6 Å². The molecule has 5 nitrogen and oxygen atoms in total. The van der Waals surface area contributed by atoms with Crippen molar-refractivity contribution >= 4 is 34.5 Å². The first-order chi connectivity index (χ1) is 8.14. The lowest BCUT2D eigenvalue weighted by atomic mass is 9.73. The highest BCUT2D eigenvalue weighted by molar-refractivity contribution is 14.1. The molecule has 0 aromatic carbocycles. The molecule has 0 fully saturated rings. The van der Waals surface area contributed by atoms with Crippen molar-refractivity contribution in [1.82, 2.24) is 0 Å². The van der Waals surface area contributed by atoms with Crippen molar-refractivity contribution in [2.45, 2.75) is 29.5 Å². The lowest BCUT2D eigenvalue weighted by Crippen LogP contribution is -2.55. The molecule has 18 heavy (non-hydrogen) atoms. The highest BCUT2D eigenvalue weighted by atomic mass is 127. The van der Waals surface area contributed by atoms with Crippen molar-refractivity contribution in [3.8, 4) is 0 Å². The van der Waals surface area contributed by atoms with Gasteiger partial charge in [0.2, 0.25) is 0 Å². The topological polar surface area (TPSA) is 83.8 Å². The van der Waals surface area contributed by atoms with Gasteiger partial charge < -0.3 is 14.9 Å². The molecule has 0 amide bonds. The molecule has 0 aliphatic heterocycles. The van der Waals surface area contributed by atoms with Crippen molar-refractivity contribution in [1.29, 1.82) is 0 Å². The van der Waals surface area contributed by atoms with E-state index in [0.717, 1.165) is 0 Å². The third kappa shape index (κ3) is 2.63. The van der Waals surface area contributed by atoms with Gasteiger partial charge >= 0.3 is 18.6 Å². The molecule has 0 radical (unpaired) electrons. The summed E-state index contributed by atoms with van der Waals surface area (Å²) in [4.78, 5) is 22.3. The van der Waals surface area contributed by atoms with Crippen LogP contribution in [0.15, 0.2) is 12.2 Å². The summed E-state index contributed by atoms with van der Waals surface area (Å²) in [6.45, 7) is -2.02. The van der Waals surface area contributed by atoms with Gasteiger partial charge in [-0.3, -0.25) is 4.79 Å². The van der Waals surface area contributed by atoms with E-state index in [1.807, 2.05) is 0 Å². The Balaban J connectivity index is 3.22. The van der Waals surface area contributed by atoms with Crippen LogP contribution in [-0.2, 0) is 14.3 Å². The van der Waals surface area contributed by atoms with Crippen molar-refractivity contribution in [3.63, 3.8) is 0 Å². The lowest BCUT2D eigenvalue weighted by molar-refractivity contribution is -0.226. The first-order valence-electron chi connectivity index (χ1n) is 4.90. The summed E-state index contributed by atoms with van der Waals surface area (Å²) in [5, 5.41) is 18.2. The molecule has 102 valence electrons. The minimum atomic E-state index is -3.29. The van der Waals surface area contributed by atoms with Crippen molar-refractivity contribution in [2.75, 3.05) is 0 Å². The Morgan fingerprint density at radius 3 is 2.39 bits per heavy atom. The molecule has 8 heteroatoms. The Kier molecular flexibility index (Phi) is 4.31. The van der Waals surface area contributed by atoms with Gasteiger partial charge in [-0.1, -0.05) is 34.7 Å². The standard InChI is InChI=1S/C10H11F2IO5/c1-9(6(14)15)3-2-5(13)10(4-9,7(16)17)18-8(11)12/h2-3,5,8H,4H2,1H3,(H,14,15)(H,16,17). The maximum atomic E-state index is 12.4. The van der Waals surface area contributed by atoms with E-state index in [0.29, 0.717) is 0 Å². The molecule has 0 spiro atoms. The highest BCUT2D eigenvalue weighted by Crippen LogP contribution is 2.43. The van der Waals surface area contributed by atoms with E-state index in [-0.39, 0.29) is 0 Å². The smallest absolute Gasteiger partial charge is 0.346 e. The zero-order chi connectivity index (χ0) is 14.1. The Bertz CT molecular complexity index is 400. The average molecular weight is 376 g/mol. The fourth-order valence-electron chi connectivity index (χ4n) is 1.81. The van der Waals surface area contributed by atoms with E-state index in [1.165, 1.54) is 19.1 Å². The number of carboxylic acids is 2. The van der Waals surface area contributed by atoms with Crippen LogP contribution in [-0.4, -0.2) is 38.3 Å². The summed E-state index contributed by atoms with van der Waals surface area (Å²) in [6, 6.07) is 0.